The maximum Gasteiger partial charge on any atom is 0.132 e. The minimum atomic E-state index is -0.118. The second kappa shape index (κ2) is 5.81. The Bertz CT molecular complexity index is 403. The van der Waals surface area contributed by atoms with Crippen LogP contribution in [-0.2, 0) is 13.1 Å². The molecule has 3 heteroatoms. The quantitative estimate of drug-likeness (QED) is 0.890. The van der Waals surface area contributed by atoms with Crippen LogP contribution in [0.2, 0.25) is 0 Å². The lowest BCUT2D eigenvalue weighted by Crippen LogP contribution is -2.22. The van der Waals surface area contributed by atoms with E-state index in [1.165, 1.54) is 6.42 Å². The zero-order valence-electron chi connectivity index (χ0n) is 11.3. The fourth-order valence-electron chi connectivity index (χ4n) is 2.70. The molecule has 18 heavy (non-hydrogen) atoms. The summed E-state index contributed by atoms with van der Waals surface area (Å²) in [6.45, 7) is 7.68. The normalized spacial score (nSPS) is 20.8. The minimum Gasteiger partial charge on any atom is -0.326 e. The fraction of sp³-hybridized carbons (Fsp3) is 0.600. The number of likely N-dealkylation sites (tertiary alicyclic amines) is 1. The second-order valence-electron chi connectivity index (χ2n) is 5.62. The minimum absolute atomic E-state index is 0.118. The van der Waals surface area contributed by atoms with Crippen molar-refractivity contribution in [2.45, 2.75) is 33.4 Å². The van der Waals surface area contributed by atoms with Gasteiger partial charge in [-0.3, -0.25) is 4.90 Å². The largest absolute Gasteiger partial charge is 0.326 e. The molecule has 0 aliphatic carbocycles. The SMILES string of the molecule is CC(C)C1CCN(Cc2cccc(CN)c2F)C1. The van der Waals surface area contributed by atoms with E-state index in [2.05, 4.69) is 18.7 Å². The van der Waals surface area contributed by atoms with E-state index < -0.39 is 0 Å². The van der Waals surface area contributed by atoms with Crippen LogP contribution < -0.4 is 5.73 Å². The second-order valence-corrected chi connectivity index (χ2v) is 5.62. The molecule has 0 spiro atoms. The van der Waals surface area contributed by atoms with Crippen molar-refractivity contribution in [3.05, 3.63) is 35.1 Å². The highest BCUT2D eigenvalue weighted by Gasteiger charge is 2.25. The maximum atomic E-state index is 14.1. The van der Waals surface area contributed by atoms with Gasteiger partial charge in [0.05, 0.1) is 0 Å². The summed E-state index contributed by atoms with van der Waals surface area (Å²) in [5, 5.41) is 0. The molecule has 2 nitrogen and oxygen atoms in total. The molecule has 0 saturated carbocycles. The van der Waals surface area contributed by atoms with Gasteiger partial charge in [0.25, 0.3) is 0 Å². The average molecular weight is 250 g/mol. The Kier molecular flexibility index (Phi) is 4.36. The summed E-state index contributed by atoms with van der Waals surface area (Å²) >= 11 is 0. The maximum absolute atomic E-state index is 14.1. The summed E-state index contributed by atoms with van der Waals surface area (Å²) in [7, 11) is 0. The summed E-state index contributed by atoms with van der Waals surface area (Å²) in [6, 6.07) is 5.54. The number of halogens is 1. The van der Waals surface area contributed by atoms with Crippen LogP contribution >= 0.6 is 0 Å². The van der Waals surface area contributed by atoms with Gasteiger partial charge in [0.15, 0.2) is 0 Å². The van der Waals surface area contributed by atoms with Crippen molar-refractivity contribution < 1.29 is 4.39 Å². The van der Waals surface area contributed by atoms with Crippen molar-refractivity contribution in [3.8, 4) is 0 Å². The van der Waals surface area contributed by atoms with Gasteiger partial charge in [-0.15, -0.1) is 0 Å². The zero-order chi connectivity index (χ0) is 13.1. The van der Waals surface area contributed by atoms with E-state index in [1.54, 1.807) is 6.07 Å². The van der Waals surface area contributed by atoms with E-state index in [0.29, 0.717) is 12.1 Å². The van der Waals surface area contributed by atoms with Gasteiger partial charge in [-0.2, -0.15) is 0 Å². The van der Waals surface area contributed by atoms with Gasteiger partial charge in [-0.25, -0.2) is 4.39 Å². The highest BCUT2D eigenvalue weighted by Crippen LogP contribution is 2.25. The predicted octanol–water partition coefficient (Wildman–Crippen LogP) is 2.76. The number of hydrogen-bond acceptors (Lipinski definition) is 2. The Labute approximate surface area is 109 Å². The van der Waals surface area contributed by atoms with Crippen LogP contribution in [0.25, 0.3) is 0 Å². The molecule has 1 aromatic carbocycles. The zero-order valence-corrected chi connectivity index (χ0v) is 11.3. The lowest BCUT2D eigenvalue weighted by Gasteiger charge is -2.18. The molecule has 0 amide bonds. The van der Waals surface area contributed by atoms with Crippen molar-refractivity contribution in [3.63, 3.8) is 0 Å². The van der Waals surface area contributed by atoms with Crippen molar-refractivity contribution >= 4 is 0 Å². The lowest BCUT2D eigenvalue weighted by molar-refractivity contribution is 0.292. The van der Waals surface area contributed by atoms with Crippen molar-refractivity contribution in [1.29, 1.82) is 0 Å². The number of rotatable bonds is 4. The van der Waals surface area contributed by atoms with E-state index >= 15 is 0 Å². The number of nitrogens with zero attached hydrogens (tertiary/aromatic N) is 1. The van der Waals surface area contributed by atoms with E-state index in [0.717, 1.165) is 30.5 Å². The van der Waals surface area contributed by atoms with Crippen LogP contribution in [0.4, 0.5) is 4.39 Å². The van der Waals surface area contributed by atoms with Crippen molar-refractivity contribution in [2.24, 2.45) is 17.6 Å². The summed E-state index contributed by atoms with van der Waals surface area (Å²) in [5.74, 6) is 1.36. The third-order valence-corrected chi connectivity index (χ3v) is 4.02. The molecule has 0 bridgehead atoms. The molecular formula is C15H23FN2. The number of hydrogen-bond donors (Lipinski definition) is 1. The molecule has 1 aliphatic heterocycles. The molecule has 1 aliphatic rings. The predicted molar refractivity (Wildman–Crippen MR) is 72.5 cm³/mol. The van der Waals surface area contributed by atoms with Gasteiger partial charge in [-0.1, -0.05) is 32.0 Å². The molecule has 0 radical (unpaired) electrons. The van der Waals surface area contributed by atoms with Crippen LogP contribution in [0.3, 0.4) is 0 Å². The van der Waals surface area contributed by atoms with Crippen LogP contribution in [0.1, 0.15) is 31.4 Å². The van der Waals surface area contributed by atoms with Crippen LogP contribution in [0.5, 0.6) is 0 Å². The first-order valence-electron chi connectivity index (χ1n) is 6.80. The smallest absolute Gasteiger partial charge is 0.132 e. The Morgan fingerprint density at radius 2 is 2.11 bits per heavy atom. The summed E-state index contributed by atoms with van der Waals surface area (Å²) in [4.78, 5) is 2.35. The Hall–Kier alpha value is -0.930. The summed E-state index contributed by atoms with van der Waals surface area (Å²) < 4.78 is 14.1. The molecule has 100 valence electrons. The molecule has 1 atom stereocenters. The van der Waals surface area contributed by atoms with Crippen LogP contribution in [0.15, 0.2) is 18.2 Å². The topological polar surface area (TPSA) is 29.3 Å². The molecular weight excluding hydrogens is 227 g/mol. The first-order valence-corrected chi connectivity index (χ1v) is 6.80. The summed E-state index contributed by atoms with van der Waals surface area (Å²) in [5.41, 5.74) is 6.93. The van der Waals surface area contributed by atoms with E-state index in [1.807, 2.05) is 12.1 Å². The summed E-state index contributed by atoms with van der Waals surface area (Å²) in [6.07, 6.45) is 1.23. The molecule has 1 heterocycles. The van der Waals surface area contributed by atoms with E-state index in [4.69, 9.17) is 5.73 Å². The third-order valence-electron chi connectivity index (χ3n) is 4.02. The highest BCUT2D eigenvalue weighted by molar-refractivity contribution is 5.26. The monoisotopic (exact) mass is 250 g/mol. The van der Waals surface area contributed by atoms with Gasteiger partial charge in [0.1, 0.15) is 5.82 Å². The lowest BCUT2D eigenvalue weighted by atomic mass is 9.95. The van der Waals surface area contributed by atoms with Gasteiger partial charge < -0.3 is 5.73 Å². The first-order chi connectivity index (χ1) is 8.61. The number of nitrogens with two attached hydrogens (primary N) is 1. The van der Waals surface area contributed by atoms with Crippen LogP contribution in [0, 0.1) is 17.7 Å². The van der Waals surface area contributed by atoms with Gasteiger partial charge in [-0.05, 0) is 24.8 Å². The Morgan fingerprint density at radius 3 is 2.72 bits per heavy atom. The molecule has 1 fully saturated rings. The van der Waals surface area contributed by atoms with Gasteiger partial charge in [0, 0.05) is 30.8 Å². The Balaban J connectivity index is 2.02. The molecule has 2 N–H and O–H groups in total. The van der Waals surface area contributed by atoms with E-state index in [-0.39, 0.29) is 12.4 Å². The van der Waals surface area contributed by atoms with Gasteiger partial charge in [0.2, 0.25) is 0 Å². The molecule has 1 saturated heterocycles. The molecule has 2 rings (SSSR count). The van der Waals surface area contributed by atoms with Gasteiger partial charge >= 0.3 is 0 Å². The number of benzene rings is 1. The standard InChI is InChI=1S/C15H23FN2/c1-11(2)13-6-7-18(9-13)10-14-5-3-4-12(8-17)15(14)16/h3-5,11,13H,6-10,17H2,1-2H3. The Morgan fingerprint density at radius 1 is 1.39 bits per heavy atom. The highest BCUT2D eigenvalue weighted by atomic mass is 19.1. The fourth-order valence-corrected chi connectivity index (χ4v) is 2.70. The van der Waals surface area contributed by atoms with Crippen LogP contribution in [-0.4, -0.2) is 18.0 Å². The first kappa shape index (κ1) is 13.5. The molecule has 1 unspecified atom stereocenters. The molecule has 0 aromatic heterocycles. The molecule has 1 aromatic rings. The third kappa shape index (κ3) is 2.90. The van der Waals surface area contributed by atoms with E-state index in [9.17, 15) is 4.39 Å². The van der Waals surface area contributed by atoms with Crippen molar-refractivity contribution in [1.82, 2.24) is 4.90 Å². The average Bonchev–Trinajstić information content (AvgIpc) is 2.80. The van der Waals surface area contributed by atoms with Crippen molar-refractivity contribution in [2.75, 3.05) is 13.1 Å².